The van der Waals surface area contributed by atoms with Gasteiger partial charge in [-0.1, -0.05) is 6.42 Å². The number of benzene rings is 1. The Bertz CT molecular complexity index is 1180. The van der Waals surface area contributed by atoms with E-state index in [1.165, 1.54) is 33.3 Å². The molecule has 0 atom stereocenters. The summed E-state index contributed by atoms with van der Waals surface area (Å²) < 4.78 is 43.1. The third kappa shape index (κ3) is 3.85. The Morgan fingerprint density at radius 1 is 1.20 bits per heavy atom. The topological polar surface area (TPSA) is 110 Å². The third-order valence-corrected chi connectivity index (χ3v) is 7.82. The fourth-order valence-electron chi connectivity index (χ4n) is 3.30. The van der Waals surface area contributed by atoms with Gasteiger partial charge in [-0.2, -0.15) is 8.99 Å². The van der Waals surface area contributed by atoms with Crippen molar-refractivity contribution in [3.63, 3.8) is 0 Å². The molecule has 1 aliphatic heterocycles. The molecule has 4 rings (SSSR count). The highest BCUT2D eigenvalue weighted by Crippen LogP contribution is 2.29. The number of thiophene rings is 1. The summed E-state index contributed by atoms with van der Waals surface area (Å²) in [5.74, 6) is -0.855. The van der Waals surface area contributed by atoms with E-state index in [0.717, 1.165) is 30.6 Å². The number of amides is 1. The lowest BCUT2D eigenvalue weighted by Gasteiger charge is -2.25. The molecule has 1 aliphatic rings. The lowest BCUT2D eigenvalue weighted by molar-refractivity contribution is 0.102. The summed E-state index contributed by atoms with van der Waals surface area (Å²) in [6, 6.07) is 5.47. The van der Waals surface area contributed by atoms with Crippen molar-refractivity contribution in [2.24, 2.45) is 0 Å². The summed E-state index contributed by atoms with van der Waals surface area (Å²) in [6.45, 7) is 2.55. The van der Waals surface area contributed by atoms with Gasteiger partial charge in [0.25, 0.3) is 5.91 Å². The van der Waals surface area contributed by atoms with Gasteiger partial charge in [0.1, 0.15) is 15.6 Å². The van der Waals surface area contributed by atoms with E-state index in [2.05, 4.69) is 20.8 Å². The molecule has 0 unspecified atom stereocenters. The number of rotatable bonds is 5. The van der Waals surface area contributed by atoms with E-state index in [9.17, 15) is 17.6 Å². The number of nitrogens with zero attached hydrogens (tertiary/aromatic N) is 5. The number of carbonyl (C=O) groups is 1. The standard InChI is InChI=1S/C18H19FN6O3S2/c1-12-21-22-23-25(12)13-5-6-14(19)15(11-13)20-18(26)17-16(7-10-29-17)30(27,28)24-8-3-2-4-9-24/h5-7,10-11H,2-4,8-9H2,1H3,(H,20,26). The first kappa shape index (κ1) is 20.6. The number of sulfonamides is 1. The number of hydrogen-bond acceptors (Lipinski definition) is 7. The molecule has 0 spiro atoms. The Kier molecular flexibility index (Phi) is 5.62. The van der Waals surface area contributed by atoms with Crippen molar-refractivity contribution in [1.82, 2.24) is 24.5 Å². The van der Waals surface area contributed by atoms with Crippen LogP contribution in [0, 0.1) is 12.7 Å². The molecule has 0 aliphatic carbocycles. The van der Waals surface area contributed by atoms with Gasteiger partial charge in [-0.3, -0.25) is 4.79 Å². The van der Waals surface area contributed by atoms with Crippen molar-refractivity contribution in [3.05, 3.63) is 46.2 Å². The number of tetrazole rings is 1. The largest absolute Gasteiger partial charge is 0.319 e. The average molecular weight is 451 g/mol. The van der Waals surface area contributed by atoms with Gasteiger partial charge in [0.2, 0.25) is 10.0 Å². The van der Waals surface area contributed by atoms with E-state index in [0.29, 0.717) is 24.6 Å². The molecule has 0 radical (unpaired) electrons. The number of carbonyl (C=O) groups excluding carboxylic acids is 1. The number of aryl methyl sites for hydroxylation is 1. The van der Waals surface area contributed by atoms with E-state index in [-0.39, 0.29) is 15.5 Å². The fourth-order valence-corrected chi connectivity index (χ4v) is 6.11. The number of anilines is 1. The molecule has 0 saturated carbocycles. The van der Waals surface area contributed by atoms with Crippen LogP contribution in [0.4, 0.5) is 10.1 Å². The van der Waals surface area contributed by atoms with Crippen molar-refractivity contribution in [3.8, 4) is 5.69 Å². The van der Waals surface area contributed by atoms with Crippen LogP contribution in [0.15, 0.2) is 34.5 Å². The van der Waals surface area contributed by atoms with Crippen LogP contribution in [0.2, 0.25) is 0 Å². The highest BCUT2D eigenvalue weighted by Gasteiger charge is 2.31. The zero-order valence-corrected chi connectivity index (χ0v) is 17.7. The Balaban J connectivity index is 1.62. The van der Waals surface area contributed by atoms with Crippen molar-refractivity contribution in [2.75, 3.05) is 18.4 Å². The van der Waals surface area contributed by atoms with Crippen LogP contribution < -0.4 is 5.32 Å². The first-order chi connectivity index (χ1) is 14.4. The van der Waals surface area contributed by atoms with E-state index >= 15 is 0 Å². The summed E-state index contributed by atoms with van der Waals surface area (Å²) in [4.78, 5) is 12.8. The number of nitrogens with one attached hydrogen (secondary N) is 1. The Morgan fingerprint density at radius 2 is 1.97 bits per heavy atom. The van der Waals surface area contributed by atoms with E-state index in [1.807, 2.05) is 0 Å². The van der Waals surface area contributed by atoms with Crippen molar-refractivity contribution >= 4 is 33.0 Å². The molecular formula is C18H19FN6O3S2. The smallest absolute Gasteiger partial charge is 0.267 e. The lowest BCUT2D eigenvalue weighted by atomic mass is 10.2. The van der Waals surface area contributed by atoms with E-state index in [4.69, 9.17) is 0 Å². The Hall–Kier alpha value is -2.70. The molecule has 1 amide bonds. The molecule has 1 aromatic carbocycles. The van der Waals surface area contributed by atoms with Crippen LogP contribution in [-0.2, 0) is 10.0 Å². The molecule has 1 N–H and O–H groups in total. The van der Waals surface area contributed by atoms with Gasteiger partial charge in [0, 0.05) is 13.1 Å². The average Bonchev–Trinajstić information content (AvgIpc) is 3.40. The van der Waals surface area contributed by atoms with Gasteiger partial charge in [-0.15, -0.1) is 16.4 Å². The van der Waals surface area contributed by atoms with E-state index < -0.39 is 21.7 Å². The van der Waals surface area contributed by atoms with Crippen LogP contribution in [0.1, 0.15) is 34.8 Å². The van der Waals surface area contributed by atoms with E-state index in [1.54, 1.807) is 12.3 Å². The van der Waals surface area contributed by atoms with Gasteiger partial charge < -0.3 is 5.32 Å². The molecule has 3 aromatic rings. The van der Waals surface area contributed by atoms with Crippen LogP contribution >= 0.6 is 11.3 Å². The van der Waals surface area contributed by atoms with Crippen LogP contribution in [0.5, 0.6) is 0 Å². The molecule has 2 aromatic heterocycles. The summed E-state index contributed by atoms with van der Waals surface area (Å²) in [5, 5.41) is 15.2. The molecule has 158 valence electrons. The summed E-state index contributed by atoms with van der Waals surface area (Å²) in [5.41, 5.74) is 0.365. The second kappa shape index (κ2) is 8.20. The zero-order valence-electron chi connectivity index (χ0n) is 16.1. The number of piperidine rings is 1. The minimum absolute atomic E-state index is 0.0176. The van der Waals surface area contributed by atoms with Crippen molar-refractivity contribution < 1.29 is 17.6 Å². The molecule has 9 nitrogen and oxygen atoms in total. The van der Waals surface area contributed by atoms with Gasteiger partial charge in [0.15, 0.2) is 5.82 Å². The summed E-state index contributed by atoms with van der Waals surface area (Å²) in [6.07, 6.45) is 2.57. The third-order valence-electron chi connectivity index (χ3n) is 4.84. The second-order valence-electron chi connectivity index (χ2n) is 6.83. The minimum atomic E-state index is -3.79. The highest BCUT2D eigenvalue weighted by molar-refractivity contribution is 7.89. The monoisotopic (exact) mass is 450 g/mol. The first-order valence-electron chi connectivity index (χ1n) is 9.32. The molecule has 30 heavy (non-hydrogen) atoms. The second-order valence-corrected chi connectivity index (χ2v) is 9.66. The van der Waals surface area contributed by atoms with Gasteiger partial charge >= 0.3 is 0 Å². The lowest BCUT2D eigenvalue weighted by Crippen LogP contribution is -2.36. The molecule has 1 fully saturated rings. The number of halogens is 1. The fraction of sp³-hybridized carbons (Fsp3) is 0.333. The predicted molar refractivity (Wildman–Crippen MR) is 109 cm³/mol. The summed E-state index contributed by atoms with van der Waals surface area (Å²) in [7, 11) is -3.79. The Labute approximate surface area is 176 Å². The van der Waals surface area contributed by atoms with Gasteiger partial charge in [-0.05, 0) is 59.8 Å². The molecule has 3 heterocycles. The van der Waals surface area contributed by atoms with Crippen LogP contribution in [0.25, 0.3) is 5.69 Å². The SMILES string of the molecule is Cc1nnnn1-c1ccc(F)c(NC(=O)c2sccc2S(=O)(=O)N2CCCCC2)c1. The maximum atomic E-state index is 14.3. The Morgan fingerprint density at radius 3 is 2.67 bits per heavy atom. The normalized spacial score (nSPS) is 15.3. The van der Waals surface area contributed by atoms with Crippen LogP contribution in [0.3, 0.4) is 0 Å². The maximum Gasteiger partial charge on any atom is 0.267 e. The van der Waals surface area contributed by atoms with Gasteiger partial charge in [0.05, 0.1) is 11.4 Å². The number of aromatic nitrogens is 4. The molecule has 0 bridgehead atoms. The van der Waals surface area contributed by atoms with Crippen molar-refractivity contribution in [2.45, 2.75) is 31.1 Å². The maximum absolute atomic E-state index is 14.3. The summed E-state index contributed by atoms with van der Waals surface area (Å²) >= 11 is 1.00. The predicted octanol–water partition coefficient (Wildman–Crippen LogP) is 2.60. The quantitative estimate of drug-likeness (QED) is 0.640. The molecule has 12 heteroatoms. The first-order valence-corrected chi connectivity index (χ1v) is 11.6. The van der Waals surface area contributed by atoms with Gasteiger partial charge in [-0.25, -0.2) is 12.8 Å². The minimum Gasteiger partial charge on any atom is -0.319 e. The van der Waals surface area contributed by atoms with Crippen molar-refractivity contribution in [1.29, 1.82) is 0 Å². The highest BCUT2D eigenvalue weighted by atomic mass is 32.2. The number of hydrogen-bond donors (Lipinski definition) is 1. The zero-order chi connectivity index (χ0) is 21.3. The van der Waals surface area contributed by atoms with Crippen LogP contribution in [-0.4, -0.2) is 51.9 Å². The molecular weight excluding hydrogens is 431 g/mol. The molecule has 1 saturated heterocycles.